The van der Waals surface area contributed by atoms with Crippen LogP contribution in [0.3, 0.4) is 0 Å². The van der Waals surface area contributed by atoms with Gasteiger partial charge in [0, 0.05) is 17.3 Å². The molecular formula is C19H12N6S2. The van der Waals surface area contributed by atoms with Crippen molar-refractivity contribution < 1.29 is 0 Å². The number of thiophene rings is 1. The van der Waals surface area contributed by atoms with Crippen LogP contribution in [-0.4, -0.2) is 29.7 Å². The van der Waals surface area contributed by atoms with Crippen LogP contribution in [0.1, 0.15) is 0 Å². The summed E-state index contributed by atoms with van der Waals surface area (Å²) < 4.78 is 2.01. The van der Waals surface area contributed by atoms with Crippen molar-refractivity contribution in [2.24, 2.45) is 0 Å². The molecule has 27 heavy (non-hydrogen) atoms. The highest BCUT2D eigenvalue weighted by Gasteiger charge is 2.19. The first-order valence-electron chi connectivity index (χ1n) is 8.18. The number of fused-ring (bicyclic) bond motifs is 1. The number of rotatable bonds is 4. The van der Waals surface area contributed by atoms with Crippen LogP contribution in [0.2, 0.25) is 0 Å². The minimum atomic E-state index is 0.694. The molecule has 0 radical (unpaired) electrons. The highest BCUT2D eigenvalue weighted by molar-refractivity contribution is 7.99. The van der Waals surface area contributed by atoms with Crippen LogP contribution in [0, 0.1) is 0 Å². The second kappa shape index (κ2) is 6.90. The zero-order chi connectivity index (χ0) is 18.1. The van der Waals surface area contributed by atoms with Gasteiger partial charge in [-0.3, -0.25) is 9.55 Å². The molecule has 0 aliphatic heterocycles. The normalized spacial score (nSPS) is 11.1. The average Bonchev–Trinajstić information content (AvgIpc) is 3.37. The summed E-state index contributed by atoms with van der Waals surface area (Å²) in [5.74, 6) is 0.694. The molecule has 0 unspecified atom stereocenters. The summed E-state index contributed by atoms with van der Waals surface area (Å²) >= 11 is 3.07. The van der Waals surface area contributed by atoms with Gasteiger partial charge in [-0.05, 0) is 47.5 Å². The predicted octanol–water partition coefficient (Wildman–Crippen LogP) is 4.49. The second-order valence-electron chi connectivity index (χ2n) is 5.61. The van der Waals surface area contributed by atoms with Gasteiger partial charge in [0.2, 0.25) is 5.16 Å². The van der Waals surface area contributed by atoms with Crippen molar-refractivity contribution in [1.29, 1.82) is 0 Å². The maximum Gasteiger partial charge on any atom is 0.202 e. The maximum absolute atomic E-state index is 4.45. The van der Waals surface area contributed by atoms with E-state index in [0.717, 1.165) is 31.8 Å². The topological polar surface area (TPSA) is 69.4 Å². The molecule has 8 heteroatoms. The molecule has 4 aromatic heterocycles. The molecule has 0 spiro atoms. The fraction of sp³-hybridized carbons (Fsp3) is 0. The Kier molecular flexibility index (Phi) is 4.11. The molecule has 5 aromatic rings. The monoisotopic (exact) mass is 388 g/mol. The van der Waals surface area contributed by atoms with Crippen LogP contribution in [-0.2, 0) is 0 Å². The van der Waals surface area contributed by atoms with E-state index in [0.29, 0.717) is 5.82 Å². The van der Waals surface area contributed by atoms with E-state index in [2.05, 4.69) is 25.1 Å². The summed E-state index contributed by atoms with van der Waals surface area (Å²) in [6, 6.07) is 17.8. The van der Waals surface area contributed by atoms with Crippen LogP contribution in [0.5, 0.6) is 0 Å². The number of hydrogen-bond acceptors (Lipinski definition) is 7. The van der Waals surface area contributed by atoms with Crippen molar-refractivity contribution in [3.63, 3.8) is 0 Å². The Bertz CT molecular complexity index is 1200. The molecule has 0 saturated carbocycles. The van der Waals surface area contributed by atoms with Gasteiger partial charge in [0.05, 0.1) is 0 Å². The first kappa shape index (κ1) is 16.1. The standard InChI is InChI=1S/C19H12N6S2/c1-2-6-13(7-3-1)25-16(15-8-4-5-10-20-15)23-24-19(25)27-18-14-9-11-26-17(14)21-12-22-18/h1-12H. The number of aromatic nitrogens is 6. The summed E-state index contributed by atoms with van der Waals surface area (Å²) in [7, 11) is 0. The summed E-state index contributed by atoms with van der Waals surface area (Å²) in [6.45, 7) is 0. The number of hydrogen-bond donors (Lipinski definition) is 0. The van der Waals surface area contributed by atoms with Crippen molar-refractivity contribution in [1.82, 2.24) is 29.7 Å². The van der Waals surface area contributed by atoms with E-state index < -0.39 is 0 Å². The number of nitrogens with zero attached hydrogens (tertiary/aromatic N) is 6. The maximum atomic E-state index is 4.45. The molecule has 0 saturated heterocycles. The molecule has 6 nitrogen and oxygen atoms in total. The summed E-state index contributed by atoms with van der Waals surface area (Å²) in [6.07, 6.45) is 3.34. The number of para-hydroxylation sites is 1. The minimum absolute atomic E-state index is 0.694. The van der Waals surface area contributed by atoms with Crippen LogP contribution in [0.4, 0.5) is 0 Å². The van der Waals surface area contributed by atoms with Gasteiger partial charge in [-0.25, -0.2) is 9.97 Å². The van der Waals surface area contributed by atoms with Gasteiger partial charge in [-0.15, -0.1) is 21.5 Å². The zero-order valence-corrected chi connectivity index (χ0v) is 15.6. The quantitative estimate of drug-likeness (QED) is 0.423. The van der Waals surface area contributed by atoms with Gasteiger partial charge in [-0.2, -0.15) is 0 Å². The van der Waals surface area contributed by atoms with E-state index >= 15 is 0 Å². The lowest BCUT2D eigenvalue weighted by atomic mass is 10.3. The molecule has 130 valence electrons. The van der Waals surface area contributed by atoms with E-state index in [1.807, 2.05) is 64.5 Å². The Labute approximate surface area is 163 Å². The lowest BCUT2D eigenvalue weighted by molar-refractivity contribution is 0.882. The third kappa shape index (κ3) is 2.98. The minimum Gasteiger partial charge on any atom is -0.268 e. The third-order valence-corrected chi connectivity index (χ3v) is 5.74. The van der Waals surface area contributed by atoms with Crippen LogP contribution in [0.15, 0.2) is 82.7 Å². The molecule has 4 heterocycles. The molecule has 0 aliphatic rings. The Hall–Kier alpha value is -3.10. The molecule has 0 atom stereocenters. The molecule has 0 aliphatic carbocycles. The van der Waals surface area contributed by atoms with Gasteiger partial charge in [0.25, 0.3) is 0 Å². The first-order valence-corrected chi connectivity index (χ1v) is 9.88. The number of benzene rings is 1. The molecule has 5 rings (SSSR count). The highest BCUT2D eigenvalue weighted by Crippen LogP contribution is 2.34. The molecule has 0 fully saturated rings. The lowest BCUT2D eigenvalue weighted by Crippen LogP contribution is -2.00. The van der Waals surface area contributed by atoms with Crippen molar-refractivity contribution in [2.75, 3.05) is 0 Å². The number of pyridine rings is 1. The van der Waals surface area contributed by atoms with Crippen LogP contribution >= 0.6 is 23.1 Å². The zero-order valence-electron chi connectivity index (χ0n) is 13.9. The SMILES string of the molecule is c1ccc(-n2c(Sc3ncnc4sccc34)nnc2-c2ccccn2)cc1. The Morgan fingerprint density at radius 1 is 0.852 bits per heavy atom. The fourth-order valence-corrected chi connectivity index (χ4v) is 4.45. The van der Waals surface area contributed by atoms with Crippen LogP contribution < -0.4 is 0 Å². The average molecular weight is 388 g/mol. The fourth-order valence-electron chi connectivity index (χ4n) is 2.74. The Morgan fingerprint density at radius 3 is 2.59 bits per heavy atom. The summed E-state index contributed by atoms with van der Waals surface area (Å²) in [5, 5.41) is 13.5. The van der Waals surface area contributed by atoms with Gasteiger partial charge in [0.15, 0.2) is 5.82 Å². The second-order valence-corrected chi connectivity index (χ2v) is 7.46. The Balaban J connectivity index is 1.67. The molecule has 0 bridgehead atoms. The van der Waals surface area contributed by atoms with E-state index in [4.69, 9.17) is 0 Å². The van der Waals surface area contributed by atoms with Crippen LogP contribution in [0.25, 0.3) is 27.4 Å². The summed E-state index contributed by atoms with van der Waals surface area (Å²) in [4.78, 5) is 14.2. The van der Waals surface area contributed by atoms with E-state index in [9.17, 15) is 0 Å². The summed E-state index contributed by atoms with van der Waals surface area (Å²) in [5.41, 5.74) is 1.74. The lowest BCUT2D eigenvalue weighted by Gasteiger charge is -2.09. The predicted molar refractivity (Wildman–Crippen MR) is 106 cm³/mol. The van der Waals surface area contributed by atoms with Gasteiger partial charge < -0.3 is 0 Å². The molecule has 0 amide bonds. The van der Waals surface area contributed by atoms with Crippen molar-refractivity contribution >= 4 is 33.3 Å². The molecule has 0 N–H and O–H groups in total. The largest absolute Gasteiger partial charge is 0.268 e. The Morgan fingerprint density at radius 2 is 1.74 bits per heavy atom. The van der Waals surface area contributed by atoms with Gasteiger partial charge in [-0.1, -0.05) is 24.3 Å². The van der Waals surface area contributed by atoms with E-state index in [1.54, 1.807) is 23.9 Å². The highest BCUT2D eigenvalue weighted by atomic mass is 32.2. The molecular weight excluding hydrogens is 376 g/mol. The van der Waals surface area contributed by atoms with Gasteiger partial charge >= 0.3 is 0 Å². The smallest absolute Gasteiger partial charge is 0.202 e. The van der Waals surface area contributed by atoms with Crippen molar-refractivity contribution in [2.45, 2.75) is 10.2 Å². The van der Waals surface area contributed by atoms with E-state index in [1.165, 1.54) is 11.8 Å². The van der Waals surface area contributed by atoms with Crippen molar-refractivity contribution in [3.8, 4) is 17.2 Å². The van der Waals surface area contributed by atoms with Gasteiger partial charge in [0.1, 0.15) is 21.9 Å². The first-order chi connectivity index (χ1) is 13.4. The van der Waals surface area contributed by atoms with E-state index in [-0.39, 0.29) is 0 Å². The van der Waals surface area contributed by atoms with Crippen molar-refractivity contribution in [3.05, 3.63) is 72.5 Å². The third-order valence-electron chi connectivity index (χ3n) is 3.95. The molecule has 1 aromatic carbocycles.